The van der Waals surface area contributed by atoms with Gasteiger partial charge in [0, 0.05) is 22.3 Å². The molecule has 1 aliphatic heterocycles. The van der Waals surface area contributed by atoms with Crippen LogP contribution < -0.4 is 10.2 Å². The summed E-state index contributed by atoms with van der Waals surface area (Å²) in [5.74, 6) is 0.818. The Bertz CT molecular complexity index is 721. The smallest absolute Gasteiger partial charge is 0.252 e. The number of carbonyl (C=O) groups is 1. The molecule has 132 valence electrons. The van der Waals surface area contributed by atoms with E-state index in [4.69, 9.17) is 0 Å². The van der Waals surface area contributed by atoms with Gasteiger partial charge < -0.3 is 10.2 Å². The normalized spacial score (nSPS) is 16.5. The molecule has 4 heteroatoms. The van der Waals surface area contributed by atoms with Gasteiger partial charge in [0.15, 0.2) is 0 Å². The van der Waals surface area contributed by atoms with Crippen molar-refractivity contribution < 1.29 is 4.79 Å². The standard InChI is InChI=1S/C21H25IN2O/c1-15-11-13-24(14-12-15)18-9-7-17(8-10-18)16(2)23-21(25)19-5-3-4-6-20(19)22/h3-10,15-16H,11-14H2,1-2H3,(H,23,25)/t16-/m0/s1. The highest BCUT2D eigenvalue weighted by Crippen LogP contribution is 2.25. The van der Waals surface area contributed by atoms with Crippen LogP contribution in [0.5, 0.6) is 0 Å². The molecular weight excluding hydrogens is 423 g/mol. The second-order valence-corrected chi connectivity index (χ2v) is 8.10. The summed E-state index contributed by atoms with van der Waals surface area (Å²) in [6.45, 7) is 6.64. The van der Waals surface area contributed by atoms with Gasteiger partial charge in [0.2, 0.25) is 0 Å². The second kappa shape index (κ2) is 8.21. The van der Waals surface area contributed by atoms with Crippen molar-refractivity contribution in [2.75, 3.05) is 18.0 Å². The highest BCUT2D eigenvalue weighted by atomic mass is 127. The Kier molecular flexibility index (Phi) is 5.99. The number of piperidine rings is 1. The van der Waals surface area contributed by atoms with Gasteiger partial charge in [0.1, 0.15) is 0 Å². The molecule has 0 aromatic heterocycles. The van der Waals surface area contributed by atoms with Gasteiger partial charge in [-0.05, 0) is 78.1 Å². The van der Waals surface area contributed by atoms with E-state index in [0.29, 0.717) is 0 Å². The predicted octanol–water partition coefficient (Wildman–Crippen LogP) is 5.02. The molecule has 0 aliphatic carbocycles. The Morgan fingerprint density at radius 3 is 2.40 bits per heavy atom. The van der Waals surface area contributed by atoms with Crippen molar-refractivity contribution in [2.24, 2.45) is 5.92 Å². The maximum atomic E-state index is 12.5. The Labute approximate surface area is 164 Å². The summed E-state index contributed by atoms with van der Waals surface area (Å²) in [6, 6.07) is 16.3. The summed E-state index contributed by atoms with van der Waals surface area (Å²) in [4.78, 5) is 14.9. The molecule has 25 heavy (non-hydrogen) atoms. The predicted molar refractivity (Wildman–Crippen MR) is 112 cm³/mol. The second-order valence-electron chi connectivity index (χ2n) is 6.94. The number of rotatable bonds is 4. The van der Waals surface area contributed by atoms with Crippen LogP contribution in [0.3, 0.4) is 0 Å². The van der Waals surface area contributed by atoms with Crippen LogP contribution in [0.1, 0.15) is 48.7 Å². The molecular formula is C21H25IN2O. The van der Waals surface area contributed by atoms with Gasteiger partial charge in [-0.15, -0.1) is 0 Å². The molecule has 1 amide bonds. The van der Waals surface area contributed by atoms with Crippen LogP contribution in [-0.4, -0.2) is 19.0 Å². The highest BCUT2D eigenvalue weighted by molar-refractivity contribution is 14.1. The lowest BCUT2D eigenvalue weighted by molar-refractivity contribution is 0.0939. The minimum absolute atomic E-state index is 0.0149. The number of nitrogens with one attached hydrogen (secondary N) is 1. The third kappa shape index (κ3) is 4.54. The Morgan fingerprint density at radius 2 is 1.76 bits per heavy atom. The van der Waals surface area contributed by atoms with Gasteiger partial charge in [-0.25, -0.2) is 0 Å². The summed E-state index contributed by atoms with van der Waals surface area (Å²) < 4.78 is 0.972. The van der Waals surface area contributed by atoms with Crippen molar-refractivity contribution in [1.29, 1.82) is 0 Å². The zero-order valence-corrected chi connectivity index (χ0v) is 17.0. The Hall–Kier alpha value is -1.56. The van der Waals surface area contributed by atoms with Crippen molar-refractivity contribution in [1.82, 2.24) is 5.32 Å². The topological polar surface area (TPSA) is 32.3 Å². The minimum Gasteiger partial charge on any atom is -0.372 e. The number of carbonyl (C=O) groups excluding carboxylic acids is 1. The maximum Gasteiger partial charge on any atom is 0.252 e. The minimum atomic E-state index is -0.0217. The lowest BCUT2D eigenvalue weighted by atomic mass is 9.98. The van der Waals surface area contributed by atoms with E-state index in [1.54, 1.807) is 0 Å². The quantitative estimate of drug-likeness (QED) is 0.667. The Morgan fingerprint density at radius 1 is 1.12 bits per heavy atom. The van der Waals surface area contributed by atoms with Gasteiger partial charge >= 0.3 is 0 Å². The first-order valence-corrected chi connectivity index (χ1v) is 10.0. The molecule has 1 fully saturated rings. The van der Waals surface area contributed by atoms with Gasteiger partial charge in [0.25, 0.3) is 5.91 Å². The SMILES string of the molecule is CC1CCN(c2ccc([C@H](C)NC(=O)c3ccccc3I)cc2)CC1. The summed E-state index contributed by atoms with van der Waals surface area (Å²) in [5, 5.41) is 3.10. The number of halogens is 1. The van der Waals surface area contributed by atoms with E-state index < -0.39 is 0 Å². The molecule has 1 aliphatic rings. The summed E-state index contributed by atoms with van der Waals surface area (Å²) in [5.41, 5.74) is 3.15. The van der Waals surface area contributed by atoms with Gasteiger partial charge in [-0.2, -0.15) is 0 Å². The lowest BCUT2D eigenvalue weighted by Crippen LogP contribution is -2.32. The van der Waals surface area contributed by atoms with Gasteiger partial charge in [0.05, 0.1) is 11.6 Å². The highest BCUT2D eigenvalue weighted by Gasteiger charge is 2.17. The number of nitrogens with zero attached hydrogens (tertiary/aromatic N) is 1. The molecule has 0 bridgehead atoms. The summed E-state index contributed by atoms with van der Waals surface area (Å²) in [6.07, 6.45) is 2.54. The largest absolute Gasteiger partial charge is 0.372 e. The van der Waals surface area contributed by atoms with Gasteiger partial charge in [-0.1, -0.05) is 31.2 Å². The number of anilines is 1. The lowest BCUT2D eigenvalue weighted by Gasteiger charge is -2.32. The molecule has 0 unspecified atom stereocenters. The molecule has 0 saturated carbocycles. The van der Waals surface area contributed by atoms with Crippen LogP contribution in [0.2, 0.25) is 0 Å². The average molecular weight is 448 g/mol. The molecule has 0 radical (unpaired) electrons. The van der Waals surface area contributed by atoms with E-state index >= 15 is 0 Å². The van der Waals surface area contributed by atoms with Crippen LogP contribution in [0.15, 0.2) is 48.5 Å². The fraction of sp³-hybridized carbons (Fsp3) is 0.381. The third-order valence-corrected chi connectivity index (χ3v) is 5.95. The van der Waals surface area contributed by atoms with E-state index in [-0.39, 0.29) is 11.9 Å². The number of hydrogen-bond acceptors (Lipinski definition) is 2. The molecule has 2 aromatic rings. The number of amides is 1. The van der Waals surface area contributed by atoms with Crippen LogP contribution in [-0.2, 0) is 0 Å². The molecule has 2 aromatic carbocycles. The molecule has 3 rings (SSSR count). The van der Waals surface area contributed by atoms with E-state index in [1.807, 2.05) is 31.2 Å². The fourth-order valence-electron chi connectivity index (χ4n) is 3.24. The maximum absolute atomic E-state index is 12.5. The average Bonchev–Trinajstić information content (AvgIpc) is 2.63. The monoisotopic (exact) mass is 448 g/mol. The number of benzene rings is 2. The van der Waals surface area contributed by atoms with Crippen LogP contribution >= 0.6 is 22.6 Å². The van der Waals surface area contributed by atoms with E-state index in [0.717, 1.165) is 33.7 Å². The molecule has 1 N–H and O–H groups in total. The van der Waals surface area contributed by atoms with Gasteiger partial charge in [-0.3, -0.25) is 4.79 Å². The van der Waals surface area contributed by atoms with Crippen LogP contribution in [0, 0.1) is 9.49 Å². The third-order valence-electron chi connectivity index (χ3n) is 5.01. The van der Waals surface area contributed by atoms with Crippen molar-refractivity contribution in [2.45, 2.75) is 32.7 Å². The van der Waals surface area contributed by atoms with Crippen molar-refractivity contribution in [3.63, 3.8) is 0 Å². The zero-order chi connectivity index (χ0) is 17.8. The molecule has 1 saturated heterocycles. The fourth-order valence-corrected chi connectivity index (χ4v) is 3.88. The van der Waals surface area contributed by atoms with E-state index in [1.165, 1.54) is 18.5 Å². The zero-order valence-electron chi connectivity index (χ0n) is 14.8. The summed E-state index contributed by atoms with van der Waals surface area (Å²) in [7, 11) is 0. The molecule has 1 atom stereocenters. The Balaban J connectivity index is 1.64. The van der Waals surface area contributed by atoms with Crippen LogP contribution in [0.25, 0.3) is 0 Å². The number of hydrogen-bond donors (Lipinski definition) is 1. The van der Waals surface area contributed by atoms with Crippen molar-refractivity contribution in [3.8, 4) is 0 Å². The first-order chi connectivity index (χ1) is 12.0. The van der Waals surface area contributed by atoms with Crippen LogP contribution in [0.4, 0.5) is 5.69 Å². The molecule has 0 spiro atoms. The van der Waals surface area contributed by atoms with Crippen molar-refractivity contribution >= 4 is 34.2 Å². The van der Waals surface area contributed by atoms with Crippen molar-refractivity contribution in [3.05, 3.63) is 63.2 Å². The summed E-state index contributed by atoms with van der Waals surface area (Å²) >= 11 is 2.20. The first kappa shape index (κ1) is 18.2. The molecule has 1 heterocycles. The van der Waals surface area contributed by atoms with E-state index in [2.05, 4.69) is 64.0 Å². The first-order valence-electron chi connectivity index (χ1n) is 8.95. The molecule has 3 nitrogen and oxygen atoms in total. The van der Waals surface area contributed by atoms with E-state index in [9.17, 15) is 4.79 Å².